The SMILES string of the molecule is Cc1cc(CNC(=O)CNc2cccc(F)c2)ccc1F. The van der Waals surface area contributed by atoms with E-state index in [2.05, 4.69) is 10.6 Å². The van der Waals surface area contributed by atoms with E-state index in [9.17, 15) is 13.6 Å². The van der Waals surface area contributed by atoms with Crippen LogP contribution >= 0.6 is 0 Å². The van der Waals surface area contributed by atoms with E-state index >= 15 is 0 Å². The summed E-state index contributed by atoms with van der Waals surface area (Å²) in [7, 11) is 0. The van der Waals surface area contributed by atoms with Crippen LogP contribution in [0.4, 0.5) is 14.5 Å². The molecule has 2 N–H and O–H groups in total. The van der Waals surface area contributed by atoms with Crippen LogP contribution in [0, 0.1) is 18.6 Å². The fraction of sp³-hybridized carbons (Fsp3) is 0.188. The Morgan fingerprint density at radius 2 is 1.95 bits per heavy atom. The van der Waals surface area contributed by atoms with Crippen LogP contribution in [0.2, 0.25) is 0 Å². The van der Waals surface area contributed by atoms with Crippen LogP contribution in [0.25, 0.3) is 0 Å². The molecule has 0 atom stereocenters. The molecule has 2 aromatic rings. The van der Waals surface area contributed by atoms with Crippen LogP contribution in [-0.2, 0) is 11.3 Å². The summed E-state index contributed by atoms with van der Waals surface area (Å²) in [6.45, 7) is 2.04. The molecule has 0 fully saturated rings. The van der Waals surface area contributed by atoms with E-state index in [-0.39, 0.29) is 24.1 Å². The van der Waals surface area contributed by atoms with Gasteiger partial charge in [-0.25, -0.2) is 8.78 Å². The summed E-state index contributed by atoms with van der Waals surface area (Å²) < 4.78 is 26.1. The molecular formula is C16H16F2N2O. The number of aryl methyl sites for hydroxylation is 1. The number of anilines is 1. The first-order valence-corrected chi connectivity index (χ1v) is 6.56. The zero-order valence-corrected chi connectivity index (χ0v) is 11.6. The van der Waals surface area contributed by atoms with E-state index in [1.807, 2.05) is 0 Å². The minimum absolute atomic E-state index is 0.0453. The molecule has 0 aliphatic rings. The highest BCUT2D eigenvalue weighted by Crippen LogP contribution is 2.09. The van der Waals surface area contributed by atoms with Crippen LogP contribution in [0.3, 0.4) is 0 Å². The van der Waals surface area contributed by atoms with Crippen LogP contribution < -0.4 is 10.6 Å². The number of hydrogen-bond acceptors (Lipinski definition) is 2. The van der Waals surface area contributed by atoms with Gasteiger partial charge in [-0.05, 0) is 42.3 Å². The van der Waals surface area contributed by atoms with Gasteiger partial charge in [-0.1, -0.05) is 18.2 Å². The van der Waals surface area contributed by atoms with E-state index in [0.29, 0.717) is 17.8 Å². The van der Waals surface area contributed by atoms with Gasteiger partial charge in [-0.15, -0.1) is 0 Å². The van der Waals surface area contributed by atoms with Crippen molar-refractivity contribution in [3.8, 4) is 0 Å². The van der Waals surface area contributed by atoms with Crippen molar-refractivity contribution in [3.05, 3.63) is 65.2 Å². The summed E-state index contributed by atoms with van der Waals surface area (Å²) in [5.74, 6) is -0.846. The number of nitrogens with one attached hydrogen (secondary N) is 2. The highest BCUT2D eigenvalue weighted by atomic mass is 19.1. The molecule has 21 heavy (non-hydrogen) atoms. The molecule has 0 aliphatic heterocycles. The molecule has 2 rings (SSSR count). The summed E-state index contributed by atoms with van der Waals surface area (Å²) in [5, 5.41) is 5.54. The Kier molecular flexibility index (Phi) is 4.87. The van der Waals surface area contributed by atoms with Gasteiger partial charge in [0.2, 0.25) is 5.91 Å². The zero-order chi connectivity index (χ0) is 15.2. The molecule has 5 heteroatoms. The predicted octanol–water partition coefficient (Wildman–Crippen LogP) is 3.00. The monoisotopic (exact) mass is 290 g/mol. The molecule has 0 heterocycles. The number of amides is 1. The Balaban J connectivity index is 1.80. The Morgan fingerprint density at radius 1 is 1.14 bits per heavy atom. The molecule has 0 saturated heterocycles. The van der Waals surface area contributed by atoms with Gasteiger partial charge < -0.3 is 10.6 Å². The van der Waals surface area contributed by atoms with E-state index in [0.717, 1.165) is 5.56 Å². The van der Waals surface area contributed by atoms with Gasteiger partial charge in [0.05, 0.1) is 6.54 Å². The number of rotatable bonds is 5. The fourth-order valence-electron chi connectivity index (χ4n) is 1.86. The molecule has 3 nitrogen and oxygen atoms in total. The quantitative estimate of drug-likeness (QED) is 0.889. The second-order valence-corrected chi connectivity index (χ2v) is 4.72. The molecule has 0 aliphatic carbocycles. The highest BCUT2D eigenvalue weighted by Gasteiger charge is 2.03. The van der Waals surface area contributed by atoms with Crippen LogP contribution in [-0.4, -0.2) is 12.5 Å². The van der Waals surface area contributed by atoms with Crippen molar-refractivity contribution in [2.24, 2.45) is 0 Å². The van der Waals surface area contributed by atoms with E-state index in [1.165, 1.54) is 18.2 Å². The Labute approximate surface area is 122 Å². The van der Waals surface area contributed by atoms with Gasteiger partial charge in [0, 0.05) is 12.2 Å². The van der Waals surface area contributed by atoms with Crippen molar-refractivity contribution < 1.29 is 13.6 Å². The third-order valence-corrected chi connectivity index (χ3v) is 2.99. The molecule has 1 amide bonds. The third-order valence-electron chi connectivity index (χ3n) is 2.99. The molecule has 0 saturated carbocycles. The largest absolute Gasteiger partial charge is 0.376 e. The first-order chi connectivity index (χ1) is 10.0. The maximum atomic E-state index is 13.1. The summed E-state index contributed by atoms with van der Waals surface area (Å²) >= 11 is 0. The lowest BCUT2D eigenvalue weighted by molar-refractivity contribution is -0.119. The van der Waals surface area contributed by atoms with Crippen LogP contribution in [0.15, 0.2) is 42.5 Å². The Bertz CT molecular complexity index is 644. The average Bonchev–Trinajstić information content (AvgIpc) is 2.46. The van der Waals surface area contributed by atoms with Gasteiger partial charge in [0.1, 0.15) is 11.6 Å². The van der Waals surface area contributed by atoms with Crippen molar-refractivity contribution >= 4 is 11.6 Å². The molecule has 0 bridgehead atoms. The minimum Gasteiger partial charge on any atom is -0.376 e. The van der Waals surface area contributed by atoms with E-state index in [1.54, 1.807) is 31.2 Å². The Morgan fingerprint density at radius 3 is 2.67 bits per heavy atom. The maximum absolute atomic E-state index is 13.1. The van der Waals surface area contributed by atoms with E-state index in [4.69, 9.17) is 0 Å². The minimum atomic E-state index is -0.359. The number of carbonyl (C=O) groups excluding carboxylic acids is 1. The lowest BCUT2D eigenvalue weighted by atomic mass is 10.1. The fourth-order valence-corrected chi connectivity index (χ4v) is 1.86. The third kappa shape index (κ3) is 4.56. The van der Waals surface area contributed by atoms with Gasteiger partial charge >= 0.3 is 0 Å². The van der Waals surface area contributed by atoms with Crippen LogP contribution in [0.1, 0.15) is 11.1 Å². The predicted molar refractivity (Wildman–Crippen MR) is 77.9 cm³/mol. The normalized spacial score (nSPS) is 10.2. The number of benzene rings is 2. The van der Waals surface area contributed by atoms with Crippen molar-refractivity contribution in [2.45, 2.75) is 13.5 Å². The number of halogens is 2. The summed E-state index contributed by atoms with van der Waals surface area (Å²) in [4.78, 5) is 11.7. The molecule has 0 unspecified atom stereocenters. The van der Waals surface area contributed by atoms with Gasteiger partial charge in [-0.3, -0.25) is 4.79 Å². The van der Waals surface area contributed by atoms with Gasteiger partial charge in [0.15, 0.2) is 0 Å². The average molecular weight is 290 g/mol. The van der Waals surface area contributed by atoms with Crippen LogP contribution in [0.5, 0.6) is 0 Å². The maximum Gasteiger partial charge on any atom is 0.239 e. The topological polar surface area (TPSA) is 41.1 Å². The van der Waals surface area contributed by atoms with Crippen molar-refractivity contribution in [1.82, 2.24) is 5.32 Å². The van der Waals surface area contributed by atoms with Crippen molar-refractivity contribution in [1.29, 1.82) is 0 Å². The smallest absolute Gasteiger partial charge is 0.239 e. The molecule has 0 radical (unpaired) electrons. The molecule has 110 valence electrons. The Hall–Kier alpha value is -2.43. The number of hydrogen-bond donors (Lipinski definition) is 2. The second kappa shape index (κ2) is 6.83. The summed E-state index contributed by atoms with van der Waals surface area (Å²) in [6.07, 6.45) is 0. The van der Waals surface area contributed by atoms with Gasteiger partial charge in [-0.2, -0.15) is 0 Å². The lowest BCUT2D eigenvalue weighted by Crippen LogP contribution is -2.29. The standard InChI is InChI=1S/C16H16F2N2O/c1-11-7-12(5-6-15(11)18)9-20-16(21)10-19-14-4-2-3-13(17)8-14/h2-8,19H,9-10H2,1H3,(H,20,21). The molecular weight excluding hydrogens is 274 g/mol. The summed E-state index contributed by atoms with van der Waals surface area (Å²) in [5.41, 5.74) is 1.91. The van der Waals surface area contributed by atoms with Crippen molar-refractivity contribution in [2.75, 3.05) is 11.9 Å². The number of carbonyl (C=O) groups is 1. The first-order valence-electron chi connectivity index (χ1n) is 6.56. The molecule has 0 aromatic heterocycles. The van der Waals surface area contributed by atoms with Gasteiger partial charge in [0.25, 0.3) is 0 Å². The highest BCUT2D eigenvalue weighted by molar-refractivity contribution is 5.80. The summed E-state index contributed by atoms with van der Waals surface area (Å²) in [6, 6.07) is 10.6. The molecule has 2 aromatic carbocycles. The zero-order valence-electron chi connectivity index (χ0n) is 11.6. The lowest BCUT2D eigenvalue weighted by Gasteiger charge is -2.08. The van der Waals surface area contributed by atoms with Crippen molar-refractivity contribution in [3.63, 3.8) is 0 Å². The second-order valence-electron chi connectivity index (χ2n) is 4.72. The van der Waals surface area contributed by atoms with E-state index < -0.39 is 0 Å². The molecule has 0 spiro atoms. The first kappa shape index (κ1) is 15.0.